The summed E-state index contributed by atoms with van der Waals surface area (Å²) in [6.45, 7) is 5.84. The summed E-state index contributed by atoms with van der Waals surface area (Å²) in [6.07, 6.45) is 5.96. The van der Waals surface area contributed by atoms with Gasteiger partial charge in [-0.1, -0.05) is 19.9 Å². The topological polar surface area (TPSA) is 50.5 Å². The number of pyridine rings is 1. The minimum absolute atomic E-state index is 0.161. The van der Waals surface area contributed by atoms with Crippen LogP contribution in [0.25, 0.3) is 5.65 Å². The number of likely N-dealkylation sites (tertiary alicyclic amines) is 1. The number of hydrogen-bond acceptors (Lipinski definition) is 3. The summed E-state index contributed by atoms with van der Waals surface area (Å²) in [4.78, 5) is 14.7. The minimum atomic E-state index is 0.161. The van der Waals surface area contributed by atoms with Crippen molar-refractivity contribution in [1.82, 2.24) is 19.5 Å². The molecule has 0 radical (unpaired) electrons. The molecule has 3 rings (SSSR count). The van der Waals surface area contributed by atoms with E-state index in [-0.39, 0.29) is 11.8 Å². The van der Waals surface area contributed by atoms with Crippen molar-refractivity contribution in [3.63, 3.8) is 0 Å². The zero-order chi connectivity index (χ0) is 15.5. The summed E-state index contributed by atoms with van der Waals surface area (Å²) in [7, 11) is 0. The van der Waals surface area contributed by atoms with E-state index < -0.39 is 0 Å². The minimum Gasteiger partial charge on any atom is -0.342 e. The standard InChI is InChI=1S/C17H24N4O/c1-3-13(4-2)17(22)20-10-7-8-14(12-20)16-19-18-15-9-5-6-11-21(15)16/h5-6,9,11,13-14H,3-4,7-8,10,12H2,1-2H3. The number of amides is 1. The lowest BCUT2D eigenvalue weighted by molar-refractivity contribution is -0.137. The number of hydrogen-bond donors (Lipinski definition) is 0. The molecule has 0 aliphatic carbocycles. The van der Waals surface area contributed by atoms with Gasteiger partial charge in [-0.05, 0) is 37.8 Å². The van der Waals surface area contributed by atoms with Crippen LogP contribution in [0.3, 0.4) is 0 Å². The second kappa shape index (κ2) is 6.46. The summed E-state index contributed by atoms with van der Waals surface area (Å²) in [6, 6.07) is 5.93. The molecule has 5 heteroatoms. The first-order valence-electron chi connectivity index (χ1n) is 8.33. The van der Waals surface area contributed by atoms with Gasteiger partial charge in [0.05, 0.1) is 0 Å². The van der Waals surface area contributed by atoms with E-state index >= 15 is 0 Å². The highest BCUT2D eigenvalue weighted by Gasteiger charge is 2.30. The van der Waals surface area contributed by atoms with Crippen LogP contribution in [0.4, 0.5) is 0 Å². The van der Waals surface area contributed by atoms with Gasteiger partial charge in [0, 0.05) is 31.1 Å². The van der Waals surface area contributed by atoms with Gasteiger partial charge in [0.2, 0.25) is 5.91 Å². The Bertz CT molecular complexity index is 647. The molecule has 1 fully saturated rings. The molecular weight excluding hydrogens is 276 g/mol. The third-order valence-electron chi connectivity index (χ3n) is 4.77. The zero-order valence-corrected chi connectivity index (χ0v) is 13.4. The lowest BCUT2D eigenvalue weighted by Gasteiger charge is -2.34. The van der Waals surface area contributed by atoms with Gasteiger partial charge in [0.1, 0.15) is 5.82 Å². The first kappa shape index (κ1) is 15.0. The van der Waals surface area contributed by atoms with Crippen LogP contribution in [0, 0.1) is 5.92 Å². The van der Waals surface area contributed by atoms with Crippen LogP contribution < -0.4 is 0 Å². The molecule has 1 aliphatic rings. The Hall–Kier alpha value is -1.91. The Morgan fingerprint density at radius 1 is 1.32 bits per heavy atom. The second-order valence-corrected chi connectivity index (χ2v) is 6.12. The first-order chi connectivity index (χ1) is 10.7. The summed E-state index contributed by atoms with van der Waals surface area (Å²) in [5, 5.41) is 8.61. The molecule has 0 spiro atoms. The number of carbonyl (C=O) groups is 1. The van der Waals surface area contributed by atoms with Crippen LogP contribution in [0.2, 0.25) is 0 Å². The van der Waals surface area contributed by atoms with Crippen molar-refractivity contribution < 1.29 is 4.79 Å². The maximum Gasteiger partial charge on any atom is 0.225 e. The molecule has 1 unspecified atom stereocenters. The van der Waals surface area contributed by atoms with Crippen molar-refractivity contribution in [1.29, 1.82) is 0 Å². The van der Waals surface area contributed by atoms with Crippen LogP contribution in [-0.2, 0) is 4.79 Å². The first-order valence-corrected chi connectivity index (χ1v) is 8.33. The van der Waals surface area contributed by atoms with Gasteiger partial charge in [0.25, 0.3) is 0 Å². The van der Waals surface area contributed by atoms with Crippen LogP contribution >= 0.6 is 0 Å². The van der Waals surface area contributed by atoms with Crippen LogP contribution in [0.15, 0.2) is 24.4 Å². The lowest BCUT2D eigenvalue weighted by atomic mass is 9.94. The van der Waals surface area contributed by atoms with Crippen molar-refractivity contribution in [2.45, 2.75) is 45.4 Å². The monoisotopic (exact) mass is 300 g/mol. The van der Waals surface area contributed by atoms with Crippen molar-refractivity contribution in [2.75, 3.05) is 13.1 Å². The molecule has 2 aromatic rings. The van der Waals surface area contributed by atoms with Gasteiger partial charge in [-0.3, -0.25) is 9.20 Å². The van der Waals surface area contributed by atoms with E-state index in [1.54, 1.807) is 0 Å². The third-order valence-corrected chi connectivity index (χ3v) is 4.77. The summed E-state index contributed by atoms with van der Waals surface area (Å²) < 4.78 is 2.05. The highest BCUT2D eigenvalue weighted by atomic mass is 16.2. The fourth-order valence-corrected chi connectivity index (χ4v) is 3.42. The van der Waals surface area contributed by atoms with Gasteiger partial charge < -0.3 is 4.90 Å². The predicted octanol–water partition coefficient (Wildman–Crippen LogP) is 2.87. The van der Waals surface area contributed by atoms with Gasteiger partial charge in [-0.25, -0.2) is 0 Å². The number of rotatable bonds is 4. The number of aromatic nitrogens is 3. The van der Waals surface area contributed by atoms with Crippen molar-refractivity contribution in [3.05, 3.63) is 30.2 Å². The fourth-order valence-electron chi connectivity index (χ4n) is 3.42. The lowest BCUT2D eigenvalue weighted by Crippen LogP contribution is -2.42. The smallest absolute Gasteiger partial charge is 0.225 e. The summed E-state index contributed by atoms with van der Waals surface area (Å²) in [5.41, 5.74) is 0.876. The Kier molecular flexibility index (Phi) is 4.41. The van der Waals surface area contributed by atoms with Gasteiger partial charge in [-0.2, -0.15) is 0 Å². The van der Waals surface area contributed by atoms with E-state index in [0.29, 0.717) is 5.91 Å². The van der Waals surface area contributed by atoms with Crippen molar-refractivity contribution in [2.24, 2.45) is 5.92 Å². The van der Waals surface area contributed by atoms with E-state index in [1.807, 2.05) is 29.3 Å². The molecule has 22 heavy (non-hydrogen) atoms. The molecule has 1 aliphatic heterocycles. The Labute approximate surface area is 131 Å². The number of nitrogens with zero attached hydrogens (tertiary/aromatic N) is 4. The van der Waals surface area contributed by atoms with Gasteiger partial charge >= 0.3 is 0 Å². The molecule has 1 atom stereocenters. The summed E-state index contributed by atoms with van der Waals surface area (Å²) >= 11 is 0. The normalized spacial score (nSPS) is 19.0. The Morgan fingerprint density at radius 3 is 2.91 bits per heavy atom. The molecule has 5 nitrogen and oxygen atoms in total. The van der Waals surface area contributed by atoms with Crippen molar-refractivity contribution in [3.8, 4) is 0 Å². The average molecular weight is 300 g/mol. The molecule has 3 heterocycles. The van der Waals surface area contributed by atoms with Crippen LogP contribution in [-0.4, -0.2) is 38.5 Å². The number of fused-ring (bicyclic) bond motifs is 1. The second-order valence-electron chi connectivity index (χ2n) is 6.12. The Morgan fingerprint density at radius 2 is 2.14 bits per heavy atom. The van der Waals surface area contributed by atoms with Crippen molar-refractivity contribution >= 4 is 11.6 Å². The fraction of sp³-hybridized carbons (Fsp3) is 0.588. The van der Waals surface area contributed by atoms with Crippen LogP contribution in [0.5, 0.6) is 0 Å². The zero-order valence-electron chi connectivity index (χ0n) is 13.4. The van der Waals surface area contributed by atoms with Gasteiger partial charge in [0.15, 0.2) is 5.65 Å². The molecule has 1 saturated heterocycles. The maximum absolute atomic E-state index is 12.6. The summed E-state index contributed by atoms with van der Waals surface area (Å²) in [5.74, 6) is 1.74. The molecule has 118 valence electrons. The van der Waals surface area contributed by atoms with E-state index in [4.69, 9.17) is 0 Å². The molecule has 0 bridgehead atoms. The predicted molar refractivity (Wildman–Crippen MR) is 85.6 cm³/mol. The van der Waals surface area contributed by atoms with E-state index in [0.717, 1.165) is 50.2 Å². The largest absolute Gasteiger partial charge is 0.342 e. The Balaban J connectivity index is 1.80. The highest BCUT2D eigenvalue weighted by molar-refractivity contribution is 5.78. The molecule has 0 saturated carbocycles. The third kappa shape index (κ3) is 2.72. The highest BCUT2D eigenvalue weighted by Crippen LogP contribution is 2.27. The quantitative estimate of drug-likeness (QED) is 0.872. The number of piperidine rings is 1. The van der Waals surface area contributed by atoms with E-state index in [9.17, 15) is 4.79 Å². The maximum atomic E-state index is 12.6. The van der Waals surface area contributed by atoms with Crippen LogP contribution in [0.1, 0.15) is 51.3 Å². The average Bonchev–Trinajstić information content (AvgIpc) is 3.00. The van der Waals surface area contributed by atoms with E-state index in [2.05, 4.69) is 28.4 Å². The van der Waals surface area contributed by atoms with E-state index in [1.165, 1.54) is 0 Å². The molecule has 2 aromatic heterocycles. The molecule has 0 N–H and O–H groups in total. The SMILES string of the molecule is CCC(CC)C(=O)N1CCCC(c2nnc3ccccn23)C1. The molecule has 1 amide bonds. The number of carbonyl (C=O) groups excluding carboxylic acids is 1. The molecular formula is C17H24N4O. The molecule has 0 aromatic carbocycles. The van der Waals surface area contributed by atoms with Gasteiger partial charge in [-0.15, -0.1) is 10.2 Å².